The zero-order valence-electron chi connectivity index (χ0n) is 11.8. The summed E-state index contributed by atoms with van der Waals surface area (Å²) >= 11 is 0. The SMILES string of the molecule is CC[C@@H](C(=O)NC[C@@](C)(O)COC)c1ccccc1. The monoisotopic (exact) mass is 265 g/mol. The number of carbonyl (C=O) groups excluding carboxylic acids is 1. The molecule has 2 N–H and O–H groups in total. The molecule has 0 unspecified atom stereocenters. The van der Waals surface area contributed by atoms with Gasteiger partial charge in [0.15, 0.2) is 0 Å². The van der Waals surface area contributed by atoms with Crippen LogP contribution in [-0.4, -0.2) is 36.9 Å². The fraction of sp³-hybridized carbons (Fsp3) is 0.533. The van der Waals surface area contributed by atoms with Crippen LogP contribution in [-0.2, 0) is 9.53 Å². The number of hydrogen-bond acceptors (Lipinski definition) is 3. The lowest BCUT2D eigenvalue weighted by Gasteiger charge is -2.24. The maximum Gasteiger partial charge on any atom is 0.227 e. The molecule has 0 saturated heterocycles. The highest BCUT2D eigenvalue weighted by Crippen LogP contribution is 2.19. The van der Waals surface area contributed by atoms with E-state index in [9.17, 15) is 9.90 Å². The second-order valence-electron chi connectivity index (χ2n) is 5.02. The smallest absolute Gasteiger partial charge is 0.227 e. The number of methoxy groups -OCH3 is 1. The van der Waals surface area contributed by atoms with E-state index in [0.29, 0.717) is 0 Å². The van der Waals surface area contributed by atoms with Crippen LogP contribution in [0.2, 0.25) is 0 Å². The first-order valence-electron chi connectivity index (χ1n) is 6.54. The first kappa shape index (κ1) is 15.7. The van der Waals surface area contributed by atoms with Crippen LogP contribution in [0.25, 0.3) is 0 Å². The third-order valence-electron chi connectivity index (χ3n) is 3.03. The number of ether oxygens (including phenoxy) is 1. The Morgan fingerprint density at radius 1 is 1.42 bits per heavy atom. The van der Waals surface area contributed by atoms with Crippen LogP contribution in [0.5, 0.6) is 0 Å². The quantitative estimate of drug-likeness (QED) is 0.789. The number of nitrogens with one attached hydrogen (secondary N) is 1. The molecule has 0 saturated carbocycles. The molecule has 1 aromatic carbocycles. The maximum atomic E-state index is 12.2. The fourth-order valence-electron chi connectivity index (χ4n) is 2.02. The Balaban J connectivity index is 2.61. The van der Waals surface area contributed by atoms with Gasteiger partial charge in [-0.05, 0) is 18.9 Å². The zero-order chi connectivity index (χ0) is 14.3. The van der Waals surface area contributed by atoms with Crippen LogP contribution in [0.4, 0.5) is 0 Å². The zero-order valence-corrected chi connectivity index (χ0v) is 11.8. The lowest BCUT2D eigenvalue weighted by Crippen LogP contribution is -2.45. The Hall–Kier alpha value is -1.39. The Morgan fingerprint density at radius 2 is 2.05 bits per heavy atom. The minimum Gasteiger partial charge on any atom is -0.386 e. The van der Waals surface area contributed by atoms with Crippen molar-refractivity contribution in [1.29, 1.82) is 0 Å². The molecule has 0 spiro atoms. The first-order valence-corrected chi connectivity index (χ1v) is 6.54. The van der Waals surface area contributed by atoms with E-state index in [-0.39, 0.29) is 25.0 Å². The summed E-state index contributed by atoms with van der Waals surface area (Å²) in [6.45, 7) is 3.99. The van der Waals surface area contributed by atoms with Crippen LogP contribution in [0.15, 0.2) is 30.3 Å². The Morgan fingerprint density at radius 3 is 2.58 bits per heavy atom. The lowest BCUT2D eigenvalue weighted by atomic mass is 9.95. The average Bonchev–Trinajstić information content (AvgIpc) is 2.39. The van der Waals surface area contributed by atoms with Gasteiger partial charge in [-0.25, -0.2) is 0 Å². The predicted molar refractivity (Wildman–Crippen MR) is 75.0 cm³/mol. The second-order valence-corrected chi connectivity index (χ2v) is 5.02. The van der Waals surface area contributed by atoms with Crippen molar-refractivity contribution in [2.24, 2.45) is 0 Å². The minimum absolute atomic E-state index is 0.0647. The van der Waals surface area contributed by atoms with Crippen molar-refractivity contribution < 1.29 is 14.6 Å². The summed E-state index contributed by atoms with van der Waals surface area (Å²) in [5, 5.41) is 12.7. The molecule has 0 aliphatic rings. The molecule has 0 fully saturated rings. The van der Waals surface area contributed by atoms with Crippen LogP contribution in [0, 0.1) is 0 Å². The van der Waals surface area contributed by atoms with Gasteiger partial charge in [0.1, 0.15) is 5.60 Å². The summed E-state index contributed by atoms with van der Waals surface area (Å²) in [4.78, 5) is 12.2. The fourth-order valence-corrected chi connectivity index (χ4v) is 2.02. The molecule has 1 rings (SSSR count). The predicted octanol–water partition coefficient (Wildman–Crippen LogP) is 1.69. The summed E-state index contributed by atoms with van der Waals surface area (Å²) < 4.78 is 4.91. The number of carbonyl (C=O) groups is 1. The first-order chi connectivity index (χ1) is 9.00. The van der Waals surface area contributed by atoms with Crippen molar-refractivity contribution in [3.8, 4) is 0 Å². The van der Waals surface area contributed by atoms with Crippen LogP contribution >= 0.6 is 0 Å². The highest BCUT2D eigenvalue weighted by atomic mass is 16.5. The molecular formula is C15H23NO3. The van der Waals surface area contributed by atoms with Crippen molar-refractivity contribution in [2.75, 3.05) is 20.3 Å². The topological polar surface area (TPSA) is 58.6 Å². The molecule has 0 aliphatic heterocycles. The van der Waals surface area contributed by atoms with Gasteiger partial charge in [-0.3, -0.25) is 4.79 Å². The summed E-state index contributed by atoms with van der Waals surface area (Å²) in [6, 6.07) is 9.66. The van der Waals surface area contributed by atoms with E-state index >= 15 is 0 Å². The van der Waals surface area contributed by atoms with Crippen LogP contribution in [0.1, 0.15) is 31.7 Å². The van der Waals surface area contributed by atoms with E-state index in [1.165, 1.54) is 7.11 Å². The Bertz CT molecular complexity index is 390. The van der Waals surface area contributed by atoms with Gasteiger partial charge in [-0.2, -0.15) is 0 Å². The lowest BCUT2D eigenvalue weighted by molar-refractivity contribution is -0.124. The molecule has 2 atom stereocenters. The van der Waals surface area contributed by atoms with E-state index in [1.807, 2.05) is 37.3 Å². The van der Waals surface area contributed by atoms with Gasteiger partial charge in [-0.15, -0.1) is 0 Å². The van der Waals surface area contributed by atoms with Crippen molar-refractivity contribution in [3.63, 3.8) is 0 Å². The molecule has 0 radical (unpaired) electrons. The average molecular weight is 265 g/mol. The third-order valence-corrected chi connectivity index (χ3v) is 3.03. The van der Waals surface area contributed by atoms with Gasteiger partial charge in [0, 0.05) is 13.7 Å². The second kappa shape index (κ2) is 7.26. The van der Waals surface area contributed by atoms with E-state index in [0.717, 1.165) is 12.0 Å². The molecule has 1 amide bonds. The largest absolute Gasteiger partial charge is 0.386 e. The third kappa shape index (κ3) is 5.01. The molecule has 0 bridgehead atoms. The molecule has 106 valence electrons. The summed E-state index contributed by atoms with van der Waals surface area (Å²) in [6.07, 6.45) is 0.724. The standard InChI is InChI=1S/C15H23NO3/c1-4-13(12-8-6-5-7-9-12)14(17)16-10-15(2,18)11-19-3/h5-9,13,18H,4,10-11H2,1-3H3,(H,16,17)/t13-,15-/m1/s1. The van der Waals surface area contributed by atoms with E-state index < -0.39 is 5.60 Å². The number of rotatable bonds is 7. The van der Waals surface area contributed by atoms with E-state index in [1.54, 1.807) is 6.92 Å². The van der Waals surface area contributed by atoms with E-state index in [2.05, 4.69) is 5.32 Å². The van der Waals surface area contributed by atoms with Gasteiger partial charge in [0.25, 0.3) is 0 Å². The van der Waals surface area contributed by atoms with Gasteiger partial charge < -0.3 is 15.2 Å². The van der Waals surface area contributed by atoms with Crippen LogP contribution < -0.4 is 5.32 Å². The van der Waals surface area contributed by atoms with Gasteiger partial charge >= 0.3 is 0 Å². The minimum atomic E-state index is -1.04. The molecule has 19 heavy (non-hydrogen) atoms. The highest BCUT2D eigenvalue weighted by molar-refractivity contribution is 5.83. The van der Waals surface area contributed by atoms with Gasteiger partial charge in [0.2, 0.25) is 5.91 Å². The molecule has 4 heteroatoms. The maximum absolute atomic E-state index is 12.2. The normalized spacial score (nSPS) is 15.6. The molecule has 1 aromatic rings. The van der Waals surface area contributed by atoms with Crippen LogP contribution in [0.3, 0.4) is 0 Å². The molecule has 0 heterocycles. The summed E-state index contributed by atoms with van der Waals surface area (Å²) in [5.41, 5.74) is -0.0479. The number of amides is 1. The Kier molecular flexibility index (Phi) is 5.99. The van der Waals surface area contributed by atoms with Crippen molar-refractivity contribution >= 4 is 5.91 Å². The van der Waals surface area contributed by atoms with Crippen molar-refractivity contribution in [1.82, 2.24) is 5.32 Å². The highest BCUT2D eigenvalue weighted by Gasteiger charge is 2.24. The number of hydrogen-bond donors (Lipinski definition) is 2. The number of aliphatic hydroxyl groups is 1. The number of benzene rings is 1. The molecule has 4 nitrogen and oxygen atoms in total. The van der Waals surface area contributed by atoms with Crippen molar-refractivity contribution in [3.05, 3.63) is 35.9 Å². The Labute approximate surface area is 114 Å². The molecule has 0 aromatic heterocycles. The summed E-state index contributed by atoms with van der Waals surface area (Å²) in [5.74, 6) is -0.246. The van der Waals surface area contributed by atoms with Gasteiger partial charge in [0.05, 0.1) is 12.5 Å². The summed E-state index contributed by atoms with van der Waals surface area (Å²) in [7, 11) is 1.52. The molecule has 0 aliphatic carbocycles. The van der Waals surface area contributed by atoms with Gasteiger partial charge in [-0.1, -0.05) is 37.3 Å². The van der Waals surface area contributed by atoms with E-state index in [4.69, 9.17) is 4.74 Å². The van der Waals surface area contributed by atoms with Crippen molar-refractivity contribution in [2.45, 2.75) is 31.8 Å². The molecular weight excluding hydrogens is 242 g/mol.